The zero-order chi connectivity index (χ0) is 18.8. The Bertz CT molecular complexity index is 931. The Kier molecular flexibility index (Phi) is 5.41. The van der Waals surface area contributed by atoms with Crippen LogP contribution in [0.2, 0.25) is 10.0 Å². The highest BCUT2D eigenvalue weighted by Crippen LogP contribution is 2.27. The average Bonchev–Trinajstić information content (AvgIpc) is 2.59. The van der Waals surface area contributed by atoms with Gasteiger partial charge in [-0.2, -0.15) is 0 Å². The second-order valence-corrected chi connectivity index (χ2v) is 7.00. The van der Waals surface area contributed by atoms with Gasteiger partial charge in [-0.3, -0.25) is 19.9 Å². The van der Waals surface area contributed by atoms with E-state index in [1.165, 1.54) is 18.3 Å². The molecule has 0 spiro atoms. The van der Waals surface area contributed by atoms with Crippen molar-refractivity contribution in [1.82, 2.24) is 5.32 Å². The van der Waals surface area contributed by atoms with Gasteiger partial charge in [0.2, 0.25) is 5.91 Å². The highest BCUT2D eigenvalue weighted by molar-refractivity contribution is 9.10. The average molecular weight is 455 g/mol. The van der Waals surface area contributed by atoms with Crippen molar-refractivity contribution in [3.05, 3.63) is 57.0 Å². The zero-order valence-corrected chi connectivity index (χ0v) is 16.0. The third-order valence-corrected chi connectivity index (χ3v) is 5.05. The molecule has 0 aromatic heterocycles. The summed E-state index contributed by atoms with van der Waals surface area (Å²) in [5, 5.41) is 3.05. The number of halogens is 3. The first-order chi connectivity index (χ1) is 12.4. The lowest BCUT2D eigenvalue weighted by Crippen LogP contribution is -2.58. The number of hydrogen-bond acceptors (Lipinski definition) is 4. The van der Waals surface area contributed by atoms with E-state index in [4.69, 9.17) is 23.2 Å². The van der Waals surface area contributed by atoms with Crippen LogP contribution in [0, 0.1) is 5.92 Å². The Morgan fingerprint density at radius 1 is 1.08 bits per heavy atom. The number of hydrogen-bond donors (Lipinski definition) is 1. The number of amides is 4. The van der Waals surface area contributed by atoms with E-state index in [2.05, 4.69) is 26.2 Å². The van der Waals surface area contributed by atoms with Crippen molar-refractivity contribution in [2.24, 2.45) is 10.9 Å². The van der Waals surface area contributed by atoms with Crippen LogP contribution in [0.5, 0.6) is 0 Å². The summed E-state index contributed by atoms with van der Waals surface area (Å²) < 4.78 is 0.698. The van der Waals surface area contributed by atoms with Gasteiger partial charge >= 0.3 is 6.03 Å². The molecule has 2 aromatic rings. The van der Waals surface area contributed by atoms with Crippen LogP contribution in [0.15, 0.2) is 51.9 Å². The number of imide groups is 2. The topological polar surface area (TPSA) is 78.8 Å². The molecule has 1 aliphatic rings. The van der Waals surface area contributed by atoms with Crippen molar-refractivity contribution >= 4 is 74.6 Å². The molecule has 0 bridgehead atoms. The first-order valence-corrected chi connectivity index (χ1v) is 8.85. The van der Waals surface area contributed by atoms with Crippen molar-refractivity contribution in [1.29, 1.82) is 0 Å². The molecule has 0 saturated carbocycles. The van der Waals surface area contributed by atoms with E-state index < -0.39 is 23.8 Å². The third kappa shape index (κ3) is 3.80. The number of nitrogens with zero attached hydrogens (tertiary/aromatic N) is 2. The fraction of sp³-hybridized carbons (Fsp3) is 0.0588. The molecule has 0 radical (unpaired) electrons. The fourth-order valence-electron chi connectivity index (χ4n) is 2.28. The molecule has 1 atom stereocenters. The number of nitrogens with one attached hydrogen (secondary N) is 1. The van der Waals surface area contributed by atoms with Crippen LogP contribution in [0.4, 0.5) is 16.2 Å². The maximum atomic E-state index is 12.7. The molecule has 1 heterocycles. The molecule has 6 nitrogen and oxygen atoms in total. The Morgan fingerprint density at radius 2 is 1.77 bits per heavy atom. The highest BCUT2D eigenvalue weighted by Gasteiger charge is 2.40. The van der Waals surface area contributed by atoms with Gasteiger partial charge in [-0.1, -0.05) is 23.2 Å². The third-order valence-electron chi connectivity index (χ3n) is 3.56. The van der Waals surface area contributed by atoms with Crippen molar-refractivity contribution in [3.63, 3.8) is 0 Å². The van der Waals surface area contributed by atoms with Crippen LogP contribution < -0.4 is 10.2 Å². The summed E-state index contributed by atoms with van der Waals surface area (Å²) in [6.45, 7) is 0. The monoisotopic (exact) mass is 453 g/mol. The van der Waals surface area contributed by atoms with Gasteiger partial charge < -0.3 is 0 Å². The predicted octanol–water partition coefficient (Wildman–Crippen LogP) is 4.36. The second kappa shape index (κ2) is 7.57. The maximum absolute atomic E-state index is 12.7. The molecule has 1 saturated heterocycles. The molecule has 2 aromatic carbocycles. The van der Waals surface area contributed by atoms with Gasteiger partial charge in [0.05, 0.1) is 16.4 Å². The minimum Gasteiger partial charge on any atom is -0.276 e. The van der Waals surface area contributed by atoms with Crippen LogP contribution >= 0.6 is 39.1 Å². The van der Waals surface area contributed by atoms with Crippen molar-refractivity contribution < 1.29 is 14.4 Å². The zero-order valence-electron chi connectivity index (χ0n) is 12.9. The molecule has 4 amide bonds. The number of anilines is 1. The standard InChI is InChI=1S/C17H10BrCl2N3O3/c18-13-6-3-10(7-14(13)20)21-8-12-15(24)22-17(26)23(16(12)25)11-4-1-9(19)2-5-11/h1-8,12H,(H,22,24,26)/t12-/m1/s1. The van der Waals surface area contributed by atoms with Crippen LogP contribution in [-0.2, 0) is 9.59 Å². The number of aliphatic imine (C=N–C) groups is 1. The van der Waals surface area contributed by atoms with Crippen molar-refractivity contribution in [3.8, 4) is 0 Å². The van der Waals surface area contributed by atoms with E-state index in [0.717, 1.165) is 4.90 Å². The maximum Gasteiger partial charge on any atom is 0.335 e. The predicted molar refractivity (Wildman–Crippen MR) is 103 cm³/mol. The minimum atomic E-state index is -1.24. The smallest absolute Gasteiger partial charge is 0.276 e. The Hall–Kier alpha value is -2.22. The van der Waals surface area contributed by atoms with Gasteiger partial charge in [-0.25, -0.2) is 9.69 Å². The molecular weight excluding hydrogens is 445 g/mol. The lowest BCUT2D eigenvalue weighted by molar-refractivity contribution is -0.131. The van der Waals surface area contributed by atoms with E-state index in [-0.39, 0.29) is 0 Å². The van der Waals surface area contributed by atoms with Crippen LogP contribution in [-0.4, -0.2) is 24.1 Å². The van der Waals surface area contributed by atoms with Crippen molar-refractivity contribution in [2.75, 3.05) is 4.90 Å². The number of rotatable bonds is 3. The molecule has 26 heavy (non-hydrogen) atoms. The molecule has 9 heteroatoms. The molecule has 0 aliphatic carbocycles. The SMILES string of the molecule is O=C1NC(=O)N(c2ccc(Cl)cc2)C(=O)[C@@H]1C=Nc1ccc(Br)c(Cl)c1. The summed E-state index contributed by atoms with van der Waals surface area (Å²) in [5.74, 6) is -2.68. The number of urea groups is 1. The fourth-order valence-corrected chi connectivity index (χ4v) is 2.83. The van der Waals surface area contributed by atoms with Gasteiger partial charge in [0, 0.05) is 15.7 Å². The van der Waals surface area contributed by atoms with Crippen LogP contribution in [0.3, 0.4) is 0 Å². The summed E-state index contributed by atoms with van der Waals surface area (Å²) in [6.07, 6.45) is 1.19. The van der Waals surface area contributed by atoms with E-state index in [0.29, 0.717) is 25.9 Å². The van der Waals surface area contributed by atoms with Crippen LogP contribution in [0.1, 0.15) is 0 Å². The number of carbonyl (C=O) groups excluding carboxylic acids is 3. The van der Waals surface area contributed by atoms with Gasteiger partial charge in [0.15, 0.2) is 5.92 Å². The highest BCUT2D eigenvalue weighted by atomic mass is 79.9. The lowest BCUT2D eigenvalue weighted by Gasteiger charge is -2.28. The number of benzene rings is 2. The summed E-state index contributed by atoms with van der Waals surface area (Å²) >= 11 is 15.1. The Morgan fingerprint density at radius 3 is 2.42 bits per heavy atom. The van der Waals surface area contributed by atoms with Crippen molar-refractivity contribution in [2.45, 2.75) is 0 Å². The lowest BCUT2D eigenvalue weighted by atomic mass is 10.1. The van der Waals surface area contributed by atoms with Crippen LogP contribution in [0.25, 0.3) is 0 Å². The first kappa shape index (κ1) is 18.6. The molecule has 1 fully saturated rings. The van der Waals surface area contributed by atoms with E-state index in [9.17, 15) is 14.4 Å². The van der Waals surface area contributed by atoms with Gasteiger partial charge in [0.25, 0.3) is 5.91 Å². The molecule has 1 N–H and O–H groups in total. The molecule has 0 unspecified atom stereocenters. The second-order valence-electron chi connectivity index (χ2n) is 5.30. The summed E-state index contributed by atoms with van der Waals surface area (Å²) in [6, 6.07) is 10.2. The molecule has 3 rings (SSSR count). The first-order valence-electron chi connectivity index (χ1n) is 7.30. The van der Waals surface area contributed by atoms with Gasteiger partial charge in [0.1, 0.15) is 0 Å². The number of carbonyl (C=O) groups is 3. The van der Waals surface area contributed by atoms with E-state index in [1.807, 2.05) is 0 Å². The quantitative estimate of drug-likeness (QED) is 0.552. The Labute approximate surface area is 166 Å². The Balaban J connectivity index is 1.88. The van der Waals surface area contributed by atoms with E-state index in [1.54, 1.807) is 30.3 Å². The molecule has 1 aliphatic heterocycles. The number of barbiturate groups is 1. The van der Waals surface area contributed by atoms with E-state index >= 15 is 0 Å². The largest absolute Gasteiger partial charge is 0.335 e. The van der Waals surface area contributed by atoms with Gasteiger partial charge in [-0.15, -0.1) is 0 Å². The normalized spacial score (nSPS) is 17.7. The summed E-state index contributed by atoms with van der Waals surface area (Å²) in [4.78, 5) is 41.8. The molecule has 132 valence electrons. The summed E-state index contributed by atoms with van der Waals surface area (Å²) in [7, 11) is 0. The molecular formula is C17H10BrCl2N3O3. The summed E-state index contributed by atoms with van der Waals surface area (Å²) in [5.41, 5.74) is 0.767. The van der Waals surface area contributed by atoms with Gasteiger partial charge in [-0.05, 0) is 58.4 Å². The minimum absolute atomic E-state index is 0.300.